The first kappa shape index (κ1) is 14.8. The predicted octanol–water partition coefficient (Wildman–Crippen LogP) is 1.64. The van der Waals surface area contributed by atoms with Crippen molar-refractivity contribution in [3.8, 4) is 11.5 Å². The van der Waals surface area contributed by atoms with Crippen molar-refractivity contribution in [2.75, 3.05) is 14.2 Å². The summed E-state index contributed by atoms with van der Waals surface area (Å²) in [5.74, 6) is 0.844. The van der Waals surface area contributed by atoms with Gasteiger partial charge in [-0.2, -0.15) is 0 Å². The maximum Gasteiger partial charge on any atom is 0.241 e. The Morgan fingerprint density at radius 1 is 1.25 bits per heavy atom. The van der Waals surface area contributed by atoms with Crippen molar-refractivity contribution in [3.05, 3.63) is 34.8 Å². The minimum atomic E-state index is -3.61. The Kier molecular flexibility index (Phi) is 4.58. The number of methoxy groups -OCH3 is 2. The third-order valence-electron chi connectivity index (χ3n) is 2.56. The standard InChI is InChI=1S/C12H14N2O4S2/c1-17-10-4-3-9(7-11(10)18-2)20(15,16)14-8-12-13-5-6-19-12/h3-7,14H,8H2,1-2H3. The molecule has 0 aliphatic carbocycles. The van der Waals surface area contributed by atoms with Crippen molar-refractivity contribution in [2.24, 2.45) is 0 Å². The van der Waals surface area contributed by atoms with Crippen LogP contribution in [0.1, 0.15) is 5.01 Å². The molecule has 0 radical (unpaired) electrons. The molecule has 0 saturated carbocycles. The smallest absolute Gasteiger partial charge is 0.241 e. The van der Waals surface area contributed by atoms with Crippen molar-refractivity contribution in [1.29, 1.82) is 0 Å². The molecule has 0 spiro atoms. The minimum absolute atomic E-state index is 0.117. The topological polar surface area (TPSA) is 77.5 Å². The van der Waals surface area contributed by atoms with E-state index in [9.17, 15) is 8.42 Å². The van der Waals surface area contributed by atoms with Gasteiger partial charge in [0.25, 0.3) is 0 Å². The average molecular weight is 314 g/mol. The van der Waals surface area contributed by atoms with E-state index < -0.39 is 10.0 Å². The van der Waals surface area contributed by atoms with Gasteiger partial charge in [0.1, 0.15) is 5.01 Å². The summed E-state index contributed by atoms with van der Waals surface area (Å²) in [6, 6.07) is 4.44. The Hall–Kier alpha value is -1.64. The summed E-state index contributed by atoms with van der Waals surface area (Å²) in [5, 5.41) is 2.49. The average Bonchev–Trinajstić information content (AvgIpc) is 2.97. The maximum absolute atomic E-state index is 12.2. The van der Waals surface area contributed by atoms with Crippen LogP contribution in [-0.4, -0.2) is 27.6 Å². The van der Waals surface area contributed by atoms with Crippen molar-refractivity contribution in [1.82, 2.24) is 9.71 Å². The van der Waals surface area contributed by atoms with Gasteiger partial charge in [0.05, 0.1) is 25.7 Å². The van der Waals surface area contributed by atoms with Crippen LogP contribution < -0.4 is 14.2 Å². The van der Waals surface area contributed by atoms with Gasteiger partial charge < -0.3 is 9.47 Å². The van der Waals surface area contributed by atoms with E-state index in [1.807, 2.05) is 0 Å². The Labute approximate surface area is 121 Å². The number of thiazole rings is 1. The first-order valence-electron chi connectivity index (χ1n) is 5.67. The van der Waals surface area contributed by atoms with Crippen LogP contribution in [0.4, 0.5) is 0 Å². The van der Waals surface area contributed by atoms with E-state index in [4.69, 9.17) is 9.47 Å². The largest absolute Gasteiger partial charge is 0.493 e. The summed E-state index contributed by atoms with van der Waals surface area (Å²) in [6.45, 7) is 0.161. The van der Waals surface area contributed by atoms with Gasteiger partial charge in [-0.3, -0.25) is 0 Å². The van der Waals surface area contributed by atoms with Crippen LogP contribution in [0.15, 0.2) is 34.7 Å². The molecule has 1 aromatic carbocycles. The molecule has 20 heavy (non-hydrogen) atoms. The molecule has 0 atom stereocenters. The highest BCUT2D eigenvalue weighted by molar-refractivity contribution is 7.89. The summed E-state index contributed by atoms with van der Waals surface area (Å²) < 4.78 is 37.0. The van der Waals surface area contributed by atoms with Gasteiger partial charge in [-0.15, -0.1) is 11.3 Å². The Bertz CT molecular complexity index is 669. The number of hydrogen-bond donors (Lipinski definition) is 1. The molecule has 0 unspecified atom stereocenters. The lowest BCUT2D eigenvalue weighted by molar-refractivity contribution is 0.354. The third kappa shape index (κ3) is 3.27. The Morgan fingerprint density at radius 2 is 2.00 bits per heavy atom. The van der Waals surface area contributed by atoms with Gasteiger partial charge >= 0.3 is 0 Å². The van der Waals surface area contributed by atoms with Crippen LogP contribution in [0.5, 0.6) is 11.5 Å². The number of ether oxygens (including phenoxy) is 2. The first-order chi connectivity index (χ1) is 9.56. The molecule has 0 amide bonds. The highest BCUT2D eigenvalue weighted by Crippen LogP contribution is 2.29. The molecule has 2 aromatic rings. The molecular weight excluding hydrogens is 300 g/mol. The van der Waals surface area contributed by atoms with Crippen molar-refractivity contribution in [3.63, 3.8) is 0 Å². The van der Waals surface area contributed by atoms with Crippen molar-refractivity contribution >= 4 is 21.4 Å². The van der Waals surface area contributed by atoms with Crippen LogP contribution >= 0.6 is 11.3 Å². The van der Waals surface area contributed by atoms with Crippen LogP contribution in [0.3, 0.4) is 0 Å². The third-order valence-corrected chi connectivity index (χ3v) is 4.74. The molecule has 2 rings (SSSR count). The summed E-state index contributed by atoms with van der Waals surface area (Å²) in [4.78, 5) is 4.14. The fraction of sp³-hybridized carbons (Fsp3) is 0.250. The summed E-state index contributed by atoms with van der Waals surface area (Å²) in [6.07, 6.45) is 1.63. The molecule has 1 heterocycles. The zero-order chi connectivity index (χ0) is 14.6. The van der Waals surface area contributed by atoms with Gasteiger partial charge in [-0.1, -0.05) is 0 Å². The van der Waals surface area contributed by atoms with E-state index >= 15 is 0 Å². The van der Waals surface area contributed by atoms with E-state index in [0.717, 1.165) is 0 Å². The molecule has 1 aromatic heterocycles. The van der Waals surface area contributed by atoms with Crippen molar-refractivity contribution < 1.29 is 17.9 Å². The molecule has 0 saturated heterocycles. The summed E-state index contributed by atoms with van der Waals surface area (Å²) in [5.41, 5.74) is 0. The molecule has 0 aliphatic heterocycles. The number of sulfonamides is 1. The highest BCUT2D eigenvalue weighted by atomic mass is 32.2. The lowest BCUT2D eigenvalue weighted by Crippen LogP contribution is -2.23. The zero-order valence-corrected chi connectivity index (χ0v) is 12.6. The number of nitrogens with one attached hydrogen (secondary N) is 1. The monoisotopic (exact) mass is 314 g/mol. The fourth-order valence-corrected chi connectivity index (χ4v) is 3.21. The van der Waals surface area contributed by atoms with Gasteiger partial charge in [0.2, 0.25) is 10.0 Å². The van der Waals surface area contributed by atoms with Gasteiger partial charge in [0, 0.05) is 17.6 Å². The van der Waals surface area contributed by atoms with Crippen molar-refractivity contribution in [2.45, 2.75) is 11.4 Å². The molecule has 108 valence electrons. The second-order valence-corrected chi connectivity index (χ2v) is 6.51. The number of hydrogen-bond acceptors (Lipinski definition) is 6. The van der Waals surface area contributed by atoms with Gasteiger partial charge in [-0.25, -0.2) is 18.1 Å². The molecular formula is C12H14N2O4S2. The van der Waals surface area contributed by atoms with E-state index in [-0.39, 0.29) is 11.4 Å². The van der Waals surface area contributed by atoms with Gasteiger partial charge in [-0.05, 0) is 12.1 Å². The molecule has 1 N–H and O–H groups in total. The number of rotatable bonds is 6. The maximum atomic E-state index is 12.2. The Morgan fingerprint density at radius 3 is 2.60 bits per heavy atom. The summed E-state index contributed by atoms with van der Waals surface area (Å²) >= 11 is 1.39. The normalized spacial score (nSPS) is 11.3. The van der Waals surface area contributed by atoms with Crippen LogP contribution in [0.2, 0.25) is 0 Å². The van der Waals surface area contributed by atoms with E-state index in [2.05, 4.69) is 9.71 Å². The minimum Gasteiger partial charge on any atom is -0.493 e. The lowest BCUT2D eigenvalue weighted by atomic mass is 10.3. The number of aromatic nitrogens is 1. The van der Waals surface area contributed by atoms with E-state index in [0.29, 0.717) is 16.5 Å². The second-order valence-electron chi connectivity index (χ2n) is 3.77. The molecule has 0 aliphatic rings. The predicted molar refractivity (Wildman–Crippen MR) is 75.7 cm³/mol. The summed E-state index contributed by atoms with van der Waals surface area (Å²) in [7, 11) is -0.664. The molecule has 0 bridgehead atoms. The molecule has 8 heteroatoms. The highest BCUT2D eigenvalue weighted by Gasteiger charge is 2.17. The van der Waals surface area contributed by atoms with E-state index in [1.165, 1.54) is 37.7 Å². The Balaban J connectivity index is 2.20. The SMILES string of the molecule is COc1ccc(S(=O)(=O)NCc2nccs2)cc1OC. The van der Waals surface area contributed by atoms with Crippen LogP contribution in [-0.2, 0) is 16.6 Å². The second kappa shape index (κ2) is 6.21. The number of nitrogens with zero attached hydrogens (tertiary/aromatic N) is 1. The lowest BCUT2D eigenvalue weighted by Gasteiger charge is -2.10. The van der Waals surface area contributed by atoms with Crippen LogP contribution in [0, 0.1) is 0 Å². The zero-order valence-electron chi connectivity index (χ0n) is 11.0. The van der Waals surface area contributed by atoms with Gasteiger partial charge in [0.15, 0.2) is 11.5 Å². The quantitative estimate of drug-likeness (QED) is 0.877. The molecule has 6 nitrogen and oxygen atoms in total. The fourth-order valence-electron chi connectivity index (χ4n) is 1.56. The van der Waals surface area contributed by atoms with E-state index in [1.54, 1.807) is 17.6 Å². The van der Waals surface area contributed by atoms with Crippen LogP contribution in [0.25, 0.3) is 0 Å². The number of benzene rings is 1. The first-order valence-corrected chi connectivity index (χ1v) is 8.03. The molecule has 0 fully saturated rings.